The quantitative estimate of drug-likeness (QED) is 0.864. The topological polar surface area (TPSA) is 76.1 Å². The van der Waals surface area contributed by atoms with E-state index in [2.05, 4.69) is 0 Å². The van der Waals surface area contributed by atoms with Gasteiger partial charge < -0.3 is 19.4 Å². The Balaban J connectivity index is 3.02. The van der Waals surface area contributed by atoms with E-state index in [0.717, 1.165) is 4.90 Å². The van der Waals surface area contributed by atoms with Crippen LogP contribution in [0.15, 0.2) is 18.2 Å². The van der Waals surface area contributed by atoms with Gasteiger partial charge in [0.2, 0.25) is 0 Å². The fraction of sp³-hybridized carbons (Fsp3) is 0.467. The molecule has 1 N–H and O–H groups in total. The van der Waals surface area contributed by atoms with Crippen LogP contribution >= 0.6 is 0 Å². The molecule has 0 spiro atoms. The second kappa shape index (κ2) is 6.47. The van der Waals surface area contributed by atoms with Crippen LogP contribution in [-0.2, 0) is 9.53 Å². The fourth-order valence-corrected chi connectivity index (χ4v) is 1.72. The van der Waals surface area contributed by atoms with Gasteiger partial charge >= 0.3 is 6.09 Å². The van der Waals surface area contributed by atoms with Crippen LogP contribution in [0.1, 0.15) is 32.4 Å². The Hall–Kier alpha value is -2.24. The number of likely N-dealkylation sites (N-methyl/N-ethyl adjacent to an activating group) is 1. The minimum atomic E-state index is -0.939. The number of phenols is 1. The Labute approximate surface area is 124 Å². The Morgan fingerprint density at radius 3 is 2.43 bits per heavy atom. The third-order valence-electron chi connectivity index (χ3n) is 2.78. The number of carbonyl (C=O) groups excluding carboxylic acids is 2. The van der Waals surface area contributed by atoms with Crippen molar-refractivity contribution in [2.24, 2.45) is 0 Å². The van der Waals surface area contributed by atoms with Crippen molar-refractivity contribution >= 4 is 12.4 Å². The van der Waals surface area contributed by atoms with Crippen molar-refractivity contribution in [1.29, 1.82) is 0 Å². The molecule has 0 bridgehead atoms. The van der Waals surface area contributed by atoms with Crippen molar-refractivity contribution in [1.82, 2.24) is 4.90 Å². The van der Waals surface area contributed by atoms with Crippen LogP contribution in [0.25, 0.3) is 0 Å². The number of carbonyl (C=O) groups is 2. The number of aromatic hydroxyl groups is 1. The first-order valence-corrected chi connectivity index (χ1v) is 6.47. The predicted octanol–water partition coefficient (Wildman–Crippen LogP) is 2.51. The van der Waals surface area contributed by atoms with E-state index in [1.807, 2.05) is 0 Å². The molecule has 1 amide bonds. The zero-order valence-electron chi connectivity index (χ0n) is 12.9. The van der Waals surface area contributed by atoms with Crippen LogP contribution in [0.3, 0.4) is 0 Å². The monoisotopic (exact) mass is 295 g/mol. The molecule has 0 aliphatic heterocycles. The van der Waals surface area contributed by atoms with Crippen LogP contribution in [-0.4, -0.2) is 42.1 Å². The van der Waals surface area contributed by atoms with Crippen LogP contribution in [0.2, 0.25) is 0 Å². The second-order valence-electron chi connectivity index (χ2n) is 5.60. The molecule has 0 saturated carbocycles. The molecular weight excluding hydrogens is 274 g/mol. The molecule has 0 saturated heterocycles. The number of rotatable bonds is 4. The average Bonchev–Trinajstić information content (AvgIpc) is 2.39. The molecule has 6 nitrogen and oxygen atoms in total. The van der Waals surface area contributed by atoms with Gasteiger partial charge in [-0.2, -0.15) is 0 Å². The molecule has 0 radical (unpaired) electrons. The molecular formula is C15H21NO5. The highest BCUT2D eigenvalue weighted by Crippen LogP contribution is 2.30. The van der Waals surface area contributed by atoms with Crippen molar-refractivity contribution in [3.63, 3.8) is 0 Å². The Bertz CT molecular complexity index is 521. The van der Waals surface area contributed by atoms with Gasteiger partial charge in [0.25, 0.3) is 0 Å². The zero-order chi connectivity index (χ0) is 16.2. The van der Waals surface area contributed by atoms with Crippen LogP contribution in [0, 0.1) is 0 Å². The molecule has 1 unspecified atom stereocenters. The summed E-state index contributed by atoms with van der Waals surface area (Å²) in [5, 5.41) is 9.97. The molecule has 1 atom stereocenters. The highest BCUT2D eigenvalue weighted by molar-refractivity contribution is 5.75. The molecule has 0 fully saturated rings. The second-order valence-corrected chi connectivity index (χ2v) is 5.60. The Kier molecular flexibility index (Phi) is 5.18. The summed E-state index contributed by atoms with van der Waals surface area (Å²) in [6.07, 6.45) is -0.0688. The third kappa shape index (κ3) is 4.37. The summed E-state index contributed by atoms with van der Waals surface area (Å²) in [5.74, 6) is 0.336. The van der Waals surface area contributed by atoms with Gasteiger partial charge in [-0.25, -0.2) is 4.79 Å². The maximum Gasteiger partial charge on any atom is 0.410 e. The predicted molar refractivity (Wildman–Crippen MR) is 77.5 cm³/mol. The molecule has 0 aliphatic rings. The lowest BCUT2D eigenvalue weighted by Crippen LogP contribution is -2.37. The van der Waals surface area contributed by atoms with Gasteiger partial charge in [-0.15, -0.1) is 0 Å². The number of hydrogen-bond donors (Lipinski definition) is 1. The first-order valence-electron chi connectivity index (χ1n) is 6.47. The van der Waals surface area contributed by atoms with Gasteiger partial charge in [-0.1, -0.05) is 0 Å². The van der Waals surface area contributed by atoms with Crippen molar-refractivity contribution in [2.75, 3.05) is 14.2 Å². The van der Waals surface area contributed by atoms with Gasteiger partial charge in [-0.05, 0) is 32.9 Å². The molecule has 0 aliphatic carbocycles. The molecule has 1 aromatic carbocycles. The summed E-state index contributed by atoms with van der Waals surface area (Å²) in [5.41, 5.74) is -0.361. The number of amides is 1. The lowest BCUT2D eigenvalue weighted by molar-refractivity contribution is -0.112. The molecule has 1 aromatic rings. The van der Waals surface area contributed by atoms with E-state index in [9.17, 15) is 14.7 Å². The van der Waals surface area contributed by atoms with Crippen LogP contribution in [0.4, 0.5) is 4.79 Å². The summed E-state index contributed by atoms with van der Waals surface area (Å²) in [4.78, 5) is 24.5. The lowest BCUT2D eigenvalue weighted by Gasteiger charge is -2.28. The van der Waals surface area contributed by atoms with Crippen molar-refractivity contribution < 1.29 is 24.2 Å². The fourth-order valence-electron chi connectivity index (χ4n) is 1.72. The van der Waals surface area contributed by atoms with Crippen molar-refractivity contribution in [3.8, 4) is 11.5 Å². The SMILES string of the molecule is COc1ccc(C(C=O)N(C)C(=O)OC(C)(C)C)c(O)c1. The number of benzene rings is 1. The number of nitrogens with zero attached hydrogens (tertiary/aromatic N) is 1. The molecule has 0 heterocycles. The Morgan fingerprint density at radius 1 is 1.38 bits per heavy atom. The molecule has 21 heavy (non-hydrogen) atoms. The van der Waals surface area contributed by atoms with E-state index in [1.165, 1.54) is 26.3 Å². The van der Waals surface area contributed by atoms with Gasteiger partial charge in [0.05, 0.1) is 7.11 Å². The minimum absolute atomic E-state index is 0.123. The van der Waals surface area contributed by atoms with E-state index in [0.29, 0.717) is 17.6 Å². The molecule has 116 valence electrons. The van der Waals surface area contributed by atoms with Gasteiger partial charge in [0.15, 0.2) is 0 Å². The molecule has 0 aromatic heterocycles. The van der Waals surface area contributed by atoms with Crippen molar-refractivity contribution in [2.45, 2.75) is 32.4 Å². The normalized spacial score (nSPS) is 12.4. The van der Waals surface area contributed by atoms with Crippen LogP contribution in [0.5, 0.6) is 11.5 Å². The van der Waals surface area contributed by atoms with E-state index >= 15 is 0 Å². The van der Waals surface area contributed by atoms with Gasteiger partial charge in [0.1, 0.15) is 29.4 Å². The van der Waals surface area contributed by atoms with E-state index < -0.39 is 17.7 Å². The smallest absolute Gasteiger partial charge is 0.410 e. The summed E-state index contributed by atoms with van der Waals surface area (Å²) in [7, 11) is 2.91. The number of methoxy groups -OCH3 is 1. The first-order chi connectivity index (χ1) is 9.69. The number of hydrogen-bond acceptors (Lipinski definition) is 5. The first kappa shape index (κ1) is 16.8. The molecule has 6 heteroatoms. The Morgan fingerprint density at radius 2 is 2.00 bits per heavy atom. The minimum Gasteiger partial charge on any atom is -0.507 e. The zero-order valence-corrected chi connectivity index (χ0v) is 12.9. The highest BCUT2D eigenvalue weighted by atomic mass is 16.6. The van der Waals surface area contributed by atoms with Gasteiger partial charge in [0, 0.05) is 18.7 Å². The summed E-state index contributed by atoms with van der Waals surface area (Å²) < 4.78 is 10.2. The number of ether oxygens (including phenoxy) is 2. The van der Waals surface area contributed by atoms with E-state index in [4.69, 9.17) is 9.47 Å². The van der Waals surface area contributed by atoms with Gasteiger partial charge in [-0.3, -0.25) is 4.90 Å². The molecule has 1 rings (SSSR count). The average molecular weight is 295 g/mol. The number of phenolic OH excluding ortho intramolecular Hbond substituents is 1. The summed E-state index contributed by atoms with van der Waals surface area (Å²) >= 11 is 0. The number of aldehydes is 1. The van der Waals surface area contributed by atoms with E-state index in [-0.39, 0.29) is 5.75 Å². The highest BCUT2D eigenvalue weighted by Gasteiger charge is 2.27. The van der Waals surface area contributed by atoms with E-state index in [1.54, 1.807) is 26.8 Å². The maximum atomic E-state index is 12.0. The summed E-state index contributed by atoms with van der Waals surface area (Å²) in [6.45, 7) is 5.21. The maximum absolute atomic E-state index is 12.0. The largest absolute Gasteiger partial charge is 0.507 e. The lowest BCUT2D eigenvalue weighted by atomic mass is 10.1. The standard InChI is InChI=1S/C15H21NO5/c1-15(2,3)21-14(19)16(4)12(9-17)11-7-6-10(20-5)8-13(11)18/h6-9,12,18H,1-5H3. The summed E-state index contributed by atoms with van der Waals surface area (Å²) in [6, 6.07) is 3.59. The van der Waals surface area contributed by atoms with Crippen LogP contribution < -0.4 is 4.74 Å². The third-order valence-corrected chi connectivity index (χ3v) is 2.78. The van der Waals surface area contributed by atoms with Crippen molar-refractivity contribution in [3.05, 3.63) is 23.8 Å².